The summed E-state index contributed by atoms with van der Waals surface area (Å²) >= 11 is 4.66. The summed E-state index contributed by atoms with van der Waals surface area (Å²) < 4.78 is 1.77. The maximum atomic E-state index is 10.1. The van der Waals surface area contributed by atoms with Crippen molar-refractivity contribution < 1.29 is 4.79 Å². The summed E-state index contributed by atoms with van der Waals surface area (Å²) in [6.45, 7) is 0.578. The van der Waals surface area contributed by atoms with Crippen molar-refractivity contribution in [2.24, 2.45) is 5.73 Å². The highest BCUT2D eigenvalue weighted by atomic mass is 32.1. The maximum absolute atomic E-state index is 10.1. The van der Waals surface area contributed by atoms with Crippen LogP contribution in [0.4, 0.5) is 5.95 Å². The molecule has 0 aliphatic heterocycles. The van der Waals surface area contributed by atoms with Gasteiger partial charge in [0.15, 0.2) is 5.11 Å². The van der Waals surface area contributed by atoms with Crippen LogP contribution in [0.3, 0.4) is 0 Å². The average molecular weight is 198 g/mol. The minimum absolute atomic E-state index is 0.165. The van der Waals surface area contributed by atoms with Crippen LogP contribution in [0.1, 0.15) is 6.42 Å². The van der Waals surface area contributed by atoms with Gasteiger partial charge in [0.1, 0.15) is 6.29 Å². The second-order valence-electron chi connectivity index (χ2n) is 2.39. The van der Waals surface area contributed by atoms with E-state index in [2.05, 4.69) is 22.5 Å². The van der Waals surface area contributed by atoms with E-state index in [1.807, 2.05) is 0 Å². The Labute approximate surface area is 80.9 Å². The molecule has 0 aliphatic carbocycles. The number of imidazole rings is 1. The molecular formula is C7H10N4OS. The molecule has 0 aliphatic rings. The zero-order valence-electron chi connectivity index (χ0n) is 6.93. The third-order valence-corrected chi connectivity index (χ3v) is 1.54. The van der Waals surface area contributed by atoms with Crippen molar-refractivity contribution in [3.63, 3.8) is 0 Å². The lowest BCUT2D eigenvalue weighted by molar-refractivity contribution is -0.108. The highest BCUT2D eigenvalue weighted by Gasteiger charge is 2.01. The number of aromatic nitrogens is 2. The van der Waals surface area contributed by atoms with Crippen molar-refractivity contribution in [3.05, 3.63) is 12.4 Å². The zero-order chi connectivity index (χ0) is 9.68. The van der Waals surface area contributed by atoms with E-state index in [1.165, 1.54) is 0 Å². The first-order valence-electron chi connectivity index (χ1n) is 3.75. The summed E-state index contributed by atoms with van der Waals surface area (Å²) in [4.78, 5) is 14.1. The molecule has 1 rings (SSSR count). The first kappa shape index (κ1) is 9.66. The molecule has 0 amide bonds. The highest BCUT2D eigenvalue weighted by Crippen LogP contribution is 2.03. The van der Waals surface area contributed by atoms with Gasteiger partial charge in [-0.15, -0.1) is 0 Å². The van der Waals surface area contributed by atoms with Crippen LogP contribution < -0.4 is 11.1 Å². The number of nitrogens with one attached hydrogen (secondary N) is 1. The molecule has 70 valence electrons. The van der Waals surface area contributed by atoms with Gasteiger partial charge in [0.05, 0.1) is 0 Å². The van der Waals surface area contributed by atoms with Crippen LogP contribution in [0.15, 0.2) is 12.4 Å². The summed E-state index contributed by atoms with van der Waals surface area (Å²) in [6, 6.07) is 0. The molecule has 3 N–H and O–H groups in total. The molecule has 1 aromatic heterocycles. The van der Waals surface area contributed by atoms with Crippen LogP contribution in [0, 0.1) is 0 Å². The van der Waals surface area contributed by atoms with Gasteiger partial charge in [0.2, 0.25) is 5.95 Å². The fourth-order valence-electron chi connectivity index (χ4n) is 0.916. The normalized spacial score (nSPS) is 9.54. The Balaban J connectivity index is 2.65. The van der Waals surface area contributed by atoms with Crippen LogP contribution in [-0.2, 0) is 11.3 Å². The Morgan fingerprint density at radius 3 is 3.23 bits per heavy atom. The number of carbonyl (C=O) groups is 1. The molecule has 0 fully saturated rings. The summed E-state index contributed by atoms with van der Waals surface area (Å²) in [6.07, 6.45) is 4.67. The average Bonchev–Trinajstić information content (AvgIpc) is 2.48. The third kappa shape index (κ3) is 2.83. The van der Waals surface area contributed by atoms with Gasteiger partial charge in [-0.3, -0.25) is 0 Å². The Bertz CT molecular complexity index is 309. The predicted octanol–water partition coefficient (Wildman–Crippen LogP) is 0.128. The quantitative estimate of drug-likeness (QED) is 0.531. The number of aldehydes is 1. The van der Waals surface area contributed by atoms with Gasteiger partial charge in [-0.2, -0.15) is 0 Å². The topological polar surface area (TPSA) is 72.9 Å². The van der Waals surface area contributed by atoms with Gasteiger partial charge in [-0.05, 0) is 12.2 Å². The smallest absolute Gasteiger partial charge is 0.209 e. The first-order valence-corrected chi connectivity index (χ1v) is 4.16. The van der Waals surface area contributed by atoms with Crippen LogP contribution in [0.2, 0.25) is 0 Å². The number of hydrogen-bond donors (Lipinski definition) is 2. The monoisotopic (exact) mass is 198 g/mol. The van der Waals surface area contributed by atoms with E-state index < -0.39 is 0 Å². The van der Waals surface area contributed by atoms with E-state index in [9.17, 15) is 4.79 Å². The maximum Gasteiger partial charge on any atom is 0.209 e. The number of nitrogens with zero attached hydrogens (tertiary/aromatic N) is 2. The van der Waals surface area contributed by atoms with Gasteiger partial charge >= 0.3 is 0 Å². The number of anilines is 1. The van der Waals surface area contributed by atoms with Gasteiger partial charge in [0, 0.05) is 25.4 Å². The van der Waals surface area contributed by atoms with Crippen LogP contribution >= 0.6 is 12.2 Å². The molecule has 0 unspecified atom stereocenters. The SMILES string of the molecule is NC(=S)Nc1nccn1CCC=O. The molecule has 0 spiro atoms. The summed E-state index contributed by atoms with van der Waals surface area (Å²) in [7, 11) is 0. The van der Waals surface area contributed by atoms with Crippen molar-refractivity contribution in [1.82, 2.24) is 9.55 Å². The lowest BCUT2D eigenvalue weighted by Gasteiger charge is -2.05. The van der Waals surface area contributed by atoms with E-state index >= 15 is 0 Å². The number of thiocarbonyl (C=S) groups is 1. The lowest BCUT2D eigenvalue weighted by Crippen LogP contribution is -2.21. The zero-order valence-corrected chi connectivity index (χ0v) is 7.75. The molecule has 0 bridgehead atoms. The van der Waals surface area contributed by atoms with Gasteiger partial charge in [-0.25, -0.2) is 4.98 Å². The standard InChI is InChI=1S/C7H10N4OS/c8-6(13)10-7-9-2-4-11(7)3-1-5-12/h2,4-5H,1,3H2,(H3,8,9,10,13). The molecule has 13 heavy (non-hydrogen) atoms. The largest absolute Gasteiger partial charge is 0.376 e. The second-order valence-corrected chi connectivity index (χ2v) is 2.83. The fraction of sp³-hybridized carbons (Fsp3) is 0.286. The van der Waals surface area contributed by atoms with Gasteiger partial charge in [0.25, 0.3) is 0 Å². The van der Waals surface area contributed by atoms with E-state index in [0.717, 1.165) is 6.29 Å². The molecule has 0 aromatic carbocycles. The second kappa shape index (κ2) is 4.56. The molecule has 1 heterocycles. The molecule has 1 aromatic rings. The van der Waals surface area contributed by atoms with E-state index in [0.29, 0.717) is 18.9 Å². The van der Waals surface area contributed by atoms with Gasteiger partial charge < -0.3 is 20.4 Å². The summed E-state index contributed by atoms with van der Waals surface area (Å²) in [5.41, 5.74) is 5.28. The number of hydrogen-bond acceptors (Lipinski definition) is 3. The first-order chi connectivity index (χ1) is 6.24. The Morgan fingerprint density at radius 2 is 2.62 bits per heavy atom. The van der Waals surface area contributed by atoms with Crippen LogP contribution in [0.25, 0.3) is 0 Å². The number of nitrogens with two attached hydrogens (primary N) is 1. The van der Waals surface area contributed by atoms with Gasteiger partial charge in [-0.1, -0.05) is 0 Å². The fourth-order valence-corrected chi connectivity index (χ4v) is 1.01. The van der Waals surface area contributed by atoms with Crippen molar-refractivity contribution >= 4 is 29.6 Å². The van der Waals surface area contributed by atoms with E-state index in [4.69, 9.17) is 5.73 Å². The minimum atomic E-state index is 0.165. The Kier molecular flexibility index (Phi) is 3.39. The van der Waals surface area contributed by atoms with Crippen molar-refractivity contribution in [2.45, 2.75) is 13.0 Å². The molecule has 0 saturated heterocycles. The number of aryl methyl sites for hydroxylation is 1. The minimum Gasteiger partial charge on any atom is -0.376 e. The van der Waals surface area contributed by atoms with E-state index in [1.54, 1.807) is 17.0 Å². The summed E-state index contributed by atoms with van der Waals surface area (Å²) in [5, 5.41) is 2.87. The van der Waals surface area contributed by atoms with E-state index in [-0.39, 0.29) is 5.11 Å². The van der Waals surface area contributed by atoms with Crippen molar-refractivity contribution in [3.8, 4) is 0 Å². The molecule has 6 heteroatoms. The molecule has 5 nitrogen and oxygen atoms in total. The van der Waals surface area contributed by atoms with Crippen molar-refractivity contribution in [2.75, 3.05) is 5.32 Å². The third-order valence-electron chi connectivity index (χ3n) is 1.44. The number of rotatable bonds is 4. The Morgan fingerprint density at radius 1 is 1.85 bits per heavy atom. The molecule has 0 saturated carbocycles. The molecular weight excluding hydrogens is 188 g/mol. The van der Waals surface area contributed by atoms with Crippen LogP contribution in [0.5, 0.6) is 0 Å². The molecule has 0 radical (unpaired) electrons. The highest BCUT2D eigenvalue weighted by molar-refractivity contribution is 7.80. The Hall–Kier alpha value is -1.43. The van der Waals surface area contributed by atoms with Crippen molar-refractivity contribution in [1.29, 1.82) is 0 Å². The predicted molar refractivity (Wildman–Crippen MR) is 53.3 cm³/mol. The lowest BCUT2D eigenvalue weighted by atomic mass is 10.5. The summed E-state index contributed by atoms with van der Waals surface area (Å²) in [5.74, 6) is 0.564. The molecule has 0 atom stereocenters. The van der Waals surface area contributed by atoms with Crippen LogP contribution in [-0.4, -0.2) is 20.9 Å². The number of carbonyl (C=O) groups excluding carboxylic acids is 1.